The van der Waals surface area contributed by atoms with Crippen LogP contribution in [-0.2, 0) is 14.3 Å². The molecule has 0 aromatic heterocycles. The van der Waals surface area contributed by atoms with Crippen molar-refractivity contribution < 1.29 is 19.4 Å². The van der Waals surface area contributed by atoms with Crippen molar-refractivity contribution in [2.45, 2.75) is 44.1 Å². The van der Waals surface area contributed by atoms with Crippen LogP contribution in [0.3, 0.4) is 0 Å². The van der Waals surface area contributed by atoms with Crippen LogP contribution < -0.4 is 0 Å². The number of hydrogen-bond donors (Lipinski definition) is 1. The molecule has 21 heavy (non-hydrogen) atoms. The Morgan fingerprint density at radius 1 is 1.24 bits per heavy atom. The fraction of sp³-hybridized carbons (Fsp3) is 0.867. The summed E-state index contributed by atoms with van der Waals surface area (Å²) in [6, 6.07) is 0. The van der Waals surface area contributed by atoms with Gasteiger partial charge in [-0.05, 0) is 12.8 Å². The predicted molar refractivity (Wildman–Crippen MR) is 78.1 cm³/mol. The van der Waals surface area contributed by atoms with E-state index in [0.717, 1.165) is 39.1 Å². The molecule has 0 radical (unpaired) electrons. The van der Waals surface area contributed by atoms with Crippen molar-refractivity contribution in [2.75, 3.05) is 39.9 Å². The van der Waals surface area contributed by atoms with Crippen LogP contribution in [0.1, 0.15) is 38.5 Å². The Morgan fingerprint density at radius 2 is 1.86 bits per heavy atom. The molecule has 1 aliphatic carbocycles. The van der Waals surface area contributed by atoms with E-state index in [0.29, 0.717) is 6.42 Å². The molecule has 0 aromatic rings. The second-order valence-corrected chi connectivity index (χ2v) is 6.17. The highest BCUT2D eigenvalue weighted by Crippen LogP contribution is 2.38. The first kappa shape index (κ1) is 16.2. The van der Waals surface area contributed by atoms with Gasteiger partial charge in [0.15, 0.2) is 0 Å². The number of carbonyl (C=O) groups excluding carboxylic acids is 1. The van der Waals surface area contributed by atoms with Crippen molar-refractivity contribution in [3.63, 3.8) is 0 Å². The topological polar surface area (TPSA) is 70.1 Å². The van der Waals surface area contributed by atoms with Gasteiger partial charge >= 0.3 is 5.97 Å². The van der Waals surface area contributed by atoms with Crippen LogP contribution >= 0.6 is 0 Å². The van der Waals surface area contributed by atoms with Gasteiger partial charge in [0.1, 0.15) is 0 Å². The second-order valence-electron chi connectivity index (χ2n) is 6.17. The highest BCUT2D eigenvalue weighted by Gasteiger charge is 2.42. The van der Waals surface area contributed by atoms with Crippen LogP contribution in [0.25, 0.3) is 0 Å². The number of carboxylic acid groups (broad SMARTS) is 1. The number of carboxylic acids is 1. The molecule has 1 N–H and O–H groups in total. The number of ether oxygens (including phenoxy) is 1. The maximum Gasteiger partial charge on any atom is 0.305 e. The third kappa shape index (κ3) is 4.17. The van der Waals surface area contributed by atoms with Gasteiger partial charge in [-0.15, -0.1) is 0 Å². The van der Waals surface area contributed by atoms with Crippen molar-refractivity contribution in [2.24, 2.45) is 0 Å². The molecule has 1 amide bonds. The van der Waals surface area contributed by atoms with Gasteiger partial charge < -0.3 is 14.7 Å². The van der Waals surface area contributed by atoms with Gasteiger partial charge in [-0.3, -0.25) is 14.5 Å². The molecule has 0 unspecified atom stereocenters. The molecule has 1 saturated heterocycles. The Labute approximate surface area is 126 Å². The monoisotopic (exact) mass is 298 g/mol. The summed E-state index contributed by atoms with van der Waals surface area (Å²) >= 11 is 0. The van der Waals surface area contributed by atoms with Gasteiger partial charge in [-0.25, -0.2) is 0 Å². The number of carbonyl (C=O) groups is 2. The number of nitrogens with zero attached hydrogens (tertiary/aromatic N) is 2. The van der Waals surface area contributed by atoms with E-state index in [4.69, 9.17) is 9.84 Å². The Bertz CT molecular complexity index is 374. The van der Waals surface area contributed by atoms with E-state index in [1.165, 1.54) is 12.8 Å². The van der Waals surface area contributed by atoms with E-state index in [1.54, 1.807) is 11.9 Å². The third-order valence-corrected chi connectivity index (χ3v) is 4.78. The third-order valence-electron chi connectivity index (χ3n) is 4.78. The van der Waals surface area contributed by atoms with E-state index >= 15 is 0 Å². The standard InChI is InChI=1S/C15H26N2O4/c1-16(7-4-14(19)20)13(18)12-15(5-2-3-6-15)17-8-10-21-11-9-17/h2-12H2,1H3,(H,19,20). The summed E-state index contributed by atoms with van der Waals surface area (Å²) in [6.07, 6.45) is 4.97. The molecule has 0 spiro atoms. The lowest BCUT2D eigenvalue weighted by Crippen LogP contribution is -2.54. The zero-order valence-corrected chi connectivity index (χ0v) is 12.8. The largest absolute Gasteiger partial charge is 0.481 e. The van der Waals surface area contributed by atoms with Gasteiger partial charge in [-0.2, -0.15) is 0 Å². The minimum atomic E-state index is -0.863. The highest BCUT2D eigenvalue weighted by molar-refractivity contribution is 5.78. The number of hydrogen-bond acceptors (Lipinski definition) is 4. The highest BCUT2D eigenvalue weighted by atomic mass is 16.5. The molecule has 1 saturated carbocycles. The summed E-state index contributed by atoms with van der Waals surface area (Å²) < 4.78 is 5.42. The molecule has 1 aliphatic heterocycles. The van der Waals surface area contributed by atoms with Crippen molar-refractivity contribution in [1.82, 2.24) is 9.80 Å². The molecular formula is C15H26N2O4. The summed E-state index contributed by atoms with van der Waals surface area (Å²) in [5, 5.41) is 8.72. The fourth-order valence-electron chi connectivity index (χ4n) is 3.48. The molecule has 6 nitrogen and oxygen atoms in total. The van der Waals surface area contributed by atoms with Crippen molar-refractivity contribution in [3.05, 3.63) is 0 Å². The molecular weight excluding hydrogens is 272 g/mol. The second kappa shape index (κ2) is 7.22. The van der Waals surface area contributed by atoms with Gasteiger partial charge in [-0.1, -0.05) is 12.8 Å². The molecule has 120 valence electrons. The molecule has 6 heteroatoms. The molecule has 0 bridgehead atoms. The number of rotatable bonds is 6. The van der Waals surface area contributed by atoms with E-state index in [9.17, 15) is 9.59 Å². The molecule has 2 fully saturated rings. The van der Waals surface area contributed by atoms with Gasteiger partial charge in [0.25, 0.3) is 0 Å². The molecule has 0 aromatic carbocycles. The predicted octanol–water partition coefficient (Wildman–Crippen LogP) is 0.955. The minimum absolute atomic E-state index is 0.00674. The first-order chi connectivity index (χ1) is 10.0. The lowest BCUT2D eigenvalue weighted by molar-refractivity contribution is -0.139. The molecule has 0 atom stereocenters. The zero-order chi connectivity index (χ0) is 15.3. The van der Waals surface area contributed by atoms with Crippen LogP contribution in [0.15, 0.2) is 0 Å². The quantitative estimate of drug-likeness (QED) is 0.791. The smallest absolute Gasteiger partial charge is 0.305 e. The summed E-state index contributed by atoms with van der Waals surface area (Å²) in [5.74, 6) is -0.803. The van der Waals surface area contributed by atoms with E-state index < -0.39 is 5.97 Å². The fourth-order valence-corrected chi connectivity index (χ4v) is 3.48. The van der Waals surface area contributed by atoms with Crippen LogP contribution in [0.5, 0.6) is 0 Å². The first-order valence-electron chi connectivity index (χ1n) is 7.82. The lowest BCUT2D eigenvalue weighted by atomic mass is 9.89. The maximum absolute atomic E-state index is 12.4. The van der Waals surface area contributed by atoms with E-state index in [-0.39, 0.29) is 24.4 Å². The Balaban J connectivity index is 1.95. The van der Waals surface area contributed by atoms with Crippen LogP contribution in [0, 0.1) is 0 Å². The normalized spacial score (nSPS) is 22.1. The van der Waals surface area contributed by atoms with Crippen molar-refractivity contribution in [1.29, 1.82) is 0 Å². The number of aliphatic carboxylic acids is 1. The molecule has 1 heterocycles. The Hall–Kier alpha value is -1.14. The number of amides is 1. The van der Waals surface area contributed by atoms with Gasteiger partial charge in [0.2, 0.25) is 5.91 Å². The van der Waals surface area contributed by atoms with Gasteiger partial charge in [0.05, 0.1) is 19.6 Å². The van der Waals surface area contributed by atoms with Crippen LogP contribution in [-0.4, -0.2) is 72.2 Å². The van der Waals surface area contributed by atoms with Crippen LogP contribution in [0.2, 0.25) is 0 Å². The Morgan fingerprint density at radius 3 is 2.43 bits per heavy atom. The van der Waals surface area contributed by atoms with Crippen molar-refractivity contribution >= 4 is 11.9 Å². The average molecular weight is 298 g/mol. The van der Waals surface area contributed by atoms with Crippen molar-refractivity contribution in [3.8, 4) is 0 Å². The lowest BCUT2D eigenvalue weighted by Gasteiger charge is -2.43. The van der Waals surface area contributed by atoms with E-state index in [1.807, 2.05) is 0 Å². The zero-order valence-electron chi connectivity index (χ0n) is 12.8. The summed E-state index contributed by atoms with van der Waals surface area (Å²) in [6.45, 7) is 3.56. The maximum atomic E-state index is 12.4. The number of morpholine rings is 1. The first-order valence-corrected chi connectivity index (χ1v) is 7.82. The van der Waals surface area contributed by atoms with Gasteiger partial charge in [0, 0.05) is 38.6 Å². The minimum Gasteiger partial charge on any atom is -0.481 e. The van der Waals surface area contributed by atoms with Crippen LogP contribution in [0.4, 0.5) is 0 Å². The molecule has 2 aliphatic rings. The SMILES string of the molecule is CN(CCC(=O)O)C(=O)CC1(N2CCOCC2)CCCC1. The summed E-state index contributed by atoms with van der Waals surface area (Å²) in [4.78, 5) is 27.0. The average Bonchev–Trinajstić information content (AvgIpc) is 2.95. The Kier molecular flexibility index (Phi) is 5.58. The van der Waals surface area contributed by atoms with E-state index in [2.05, 4.69) is 4.90 Å². The summed E-state index contributed by atoms with van der Waals surface area (Å²) in [7, 11) is 1.70. The molecule has 2 rings (SSSR count). The summed E-state index contributed by atoms with van der Waals surface area (Å²) in [5.41, 5.74) is -0.0294.